The molecule has 3 aliphatic rings. The Morgan fingerprint density at radius 3 is 2.71 bits per heavy atom. The number of nitrogens with one attached hydrogen (secondary N) is 1. The van der Waals surface area contributed by atoms with Crippen LogP contribution in [0, 0.1) is 13.8 Å². The largest absolute Gasteiger partial charge is 0.416 e. The molecule has 5 rings (SSSR count). The topological polar surface area (TPSA) is 64.9 Å². The SMILES string of the molecule is Cc1noc(C)c1N1CCC(N2CCC(NC(=O)CN3CCc4ccc(C(F)(F)F)cc4C3)C2)C1. The molecule has 0 radical (unpaired) electrons. The van der Waals surface area contributed by atoms with E-state index in [0.717, 1.165) is 67.8 Å². The van der Waals surface area contributed by atoms with Crippen molar-refractivity contribution in [3.8, 4) is 0 Å². The number of hydrogen-bond acceptors (Lipinski definition) is 6. The fourth-order valence-electron chi connectivity index (χ4n) is 5.81. The lowest BCUT2D eigenvalue weighted by molar-refractivity contribution is -0.137. The first kappa shape index (κ1) is 24.1. The smallest absolute Gasteiger partial charge is 0.366 e. The zero-order valence-electron chi connectivity index (χ0n) is 20.2. The maximum atomic E-state index is 13.1. The normalized spacial score (nSPS) is 23.6. The van der Waals surface area contributed by atoms with Crippen molar-refractivity contribution in [2.45, 2.75) is 57.9 Å². The number of benzene rings is 1. The van der Waals surface area contributed by atoms with Gasteiger partial charge in [0.25, 0.3) is 0 Å². The quantitative estimate of drug-likeness (QED) is 0.694. The van der Waals surface area contributed by atoms with Crippen molar-refractivity contribution >= 4 is 11.6 Å². The standard InChI is InChI=1S/C25H32F3N5O2/c1-16-24(17(2)35-30-16)33-10-7-22(14-33)32-9-6-21(13-32)29-23(34)15-31-8-5-18-3-4-20(25(26,27)28)11-19(18)12-31/h3-4,11,21-22H,5-10,12-15H2,1-2H3,(H,29,34). The van der Waals surface area contributed by atoms with Gasteiger partial charge in [-0.2, -0.15) is 13.2 Å². The van der Waals surface area contributed by atoms with E-state index in [2.05, 4.69) is 20.3 Å². The molecule has 190 valence electrons. The fourth-order valence-corrected chi connectivity index (χ4v) is 5.81. The first-order valence-corrected chi connectivity index (χ1v) is 12.3. The Morgan fingerprint density at radius 1 is 1.14 bits per heavy atom. The molecule has 1 aromatic carbocycles. The van der Waals surface area contributed by atoms with Gasteiger partial charge in [-0.1, -0.05) is 11.2 Å². The summed E-state index contributed by atoms with van der Waals surface area (Å²) in [5, 5.41) is 7.23. The molecule has 10 heteroatoms. The maximum Gasteiger partial charge on any atom is 0.416 e. The lowest BCUT2D eigenvalue weighted by Crippen LogP contribution is -2.45. The number of anilines is 1. The molecule has 2 aromatic rings. The first-order chi connectivity index (χ1) is 16.7. The van der Waals surface area contributed by atoms with Crippen molar-refractivity contribution in [1.82, 2.24) is 20.3 Å². The van der Waals surface area contributed by atoms with Crippen LogP contribution in [0.4, 0.5) is 18.9 Å². The van der Waals surface area contributed by atoms with Crippen molar-refractivity contribution < 1.29 is 22.5 Å². The predicted molar refractivity (Wildman–Crippen MR) is 125 cm³/mol. The number of carbonyl (C=O) groups is 1. The van der Waals surface area contributed by atoms with Gasteiger partial charge in [0.1, 0.15) is 11.4 Å². The zero-order valence-corrected chi connectivity index (χ0v) is 20.2. The van der Waals surface area contributed by atoms with E-state index in [-0.39, 0.29) is 18.5 Å². The monoisotopic (exact) mass is 491 g/mol. The van der Waals surface area contributed by atoms with Gasteiger partial charge in [0.2, 0.25) is 5.91 Å². The van der Waals surface area contributed by atoms with Crippen LogP contribution < -0.4 is 10.2 Å². The van der Waals surface area contributed by atoms with Crippen LogP contribution in [0.1, 0.15) is 41.0 Å². The van der Waals surface area contributed by atoms with Crippen molar-refractivity contribution in [3.05, 3.63) is 46.3 Å². The first-order valence-electron chi connectivity index (χ1n) is 12.3. The third-order valence-electron chi connectivity index (χ3n) is 7.57. The number of fused-ring (bicyclic) bond motifs is 1. The number of carbonyl (C=O) groups excluding carboxylic acids is 1. The molecule has 0 aliphatic carbocycles. The number of aromatic nitrogens is 1. The Labute approximate surface area is 203 Å². The molecule has 1 amide bonds. The van der Waals surface area contributed by atoms with E-state index in [9.17, 15) is 18.0 Å². The van der Waals surface area contributed by atoms with E-state index in [1.807, 2.05) is 18.7 Å². The zero-order chi connectivity index (χ0) is 24.7. The molecular formula is C25H32F3N5O2. The Balaban J connectivity index is 1.11. The van der Waals surface area contributed by atoms with Gasteiger partial charge in [-0.25, -0.2) is 0 Å². The number of nitrogens with zero attached hydrogens (tertiary/aromatic N) is 4. The summed E-state index contributed by atoms with van der Waals surface area (Å²) >= 11 is 0. The Bertz CT molecular complexity index is 1070. The lowest BCUT2D eigenvalue weighted by atomic mass is 9.97. The van der Waals surface area contributed by atoms with E-state index in [1.54, 1.807) is 6.07 Å². The van der Waals surface area contributed by atoms with Gasteiger partial charge in [-0.15, -0.1) is 0 Å². The molecule has 1 aromatic heterocycles. The second-order valence-corrected chi connectivity index (χ2v) is 10.1. The highest BCUT2D eigenvalue weighted by atomic mass is 19.4. The van der Waals surface area contributed by atoms with Gasteiger partial charge in [0.05, 0.1) is 12.1 Å². The number of aryl methyl sites for hydroxylation is 2. The van der Waals surface area contributed by atoms with Crippen LogP contribution in [-0.2, 0) is 23.9 Å². The van der Waals surface area contributed by atoms with E-state index >= 15 is 0 Å². The Morgan fingerprint density at radius 2 is 1.97 bits per heavy atom. The van der Waals surface area contributed by atoms with Crippen molar-refractivity contribution in [2.75, 3.05) is 44.2 Å². The summed E-state index contributed by atoms with van der Waals surface area (Å²) in [5.74, 6) is 0.792. The van der Waals surface area contributed by atoms with Gasteiger partial charge in [-0.05, 0) is 56.4 Å². The Kier molecular flexibility index (Phi) is 6.52. The van der Waals surface area contributed by atoms with E-state index < -0.39 is 11.7 Å². The number of hydrogen-bond donors (Lipinski definition) is 1. The molecule has 0 bridgehead atoms. The maximum absolute atomic E-state index is 13.1. The highest BCUT2D eigenvalue weighted by Crippen LogP contribution is 2.32. The van der Waals surface area contributed by atoms with Crippen LogP contribution in [0.25, 0.3) is 0 Å². The van der Waals surface area contributed by atoms with Crippen LogP contribution in [0.15, 0.2) is 22.7 Å². The van der Waals surface area contributed by atoms with Crippen LogP contribution >= 0.6 is 0 Å². The van der Waals surface area contributed by atoms with Crippen LogP contribution in [0.5, 0.6) is 0 Å². The Hall–Kier alpha value is -2.59. The van der Waals surface area contributed by atoms with Gasteiger partial charge >= 0.3 is 6.18 Å². The molecule has 2 atom stereocenters. The second-order valence-electron chi connectivity index (χ2n) is 10.1. The molecule has 2 unspecified atom stereocenters. The van der Waals surface area contributed by atoms with Crippen molar-refractivity contribution in [1.29, 1.82) is 0 Å². The number of likely N-dealkylation sites (tertiary alicyclic amines) is 1. The molecule has 3 aliphatic heterocycles. The molecule has 0 spiro atoms. The molecule has 4 heterocycles. The number of halogens is 3. The van der Waals surface area contributed by atoms with Crippen LogP contribution in [0.3, 0.4) is 0 Å². The summed E-state index contributed by atoms with van der Waals surface area (Å²) in [6, 6.07) is 4.47. The van der Waals surface area contributed by atoms with E-state index in [1.165, 1.54) is 6.07 Å². The van der Waals surface area contributed by atoms with Crippen LogP contribution in [0.2, 0.25) is 0 Å². The van der Waals surface area contributed by atoms with Gasteiger partial charge in [0.15, 0.2) is 5.76 Å². The highest BCUT2D eigenvalue weighted by Gasteiger charge is 2.35. The molecular weight excluding hydrogens is 459 g/mol. The average molecular weight is 492 g/mol. The highest BCUT2D eigenvalue weighted by molar-refractivity contribution is 5.78. The molecule has 35 heavy (non-hydrogen) atoms. The number of amides is 1. The van der Waals surface area contributed by atoms with Gasteiger partial charge in [-0.3, -0.25) is 14.6 Å². The third-order valence-corrected chi connectivity index (χ3v) is 7.57. The van der Waals surface area contributed by atoms with Crippen molar-refractivity contribution in [3.63, 3.8) is 0 Å². The molecule has 7 nitrogen and oxygen atoms in total. The summed E-state index contributed by atoms with van der Waals surface area (Å²) in [6.07, 6.45) is -1.73. The summed E-state index contributed by atoms with van der Waals surface area (Å²) in [4.78, 5) is 19.5. The summed E-state index contributed by atoms with van der Waals surface area (Å²) in [7, 11) is 0. The van der Waals surface area contributed by atoms with E-state index in [4.69, 9.17) is 4.52 Å². The molecule has 2 saturated heterocycles. The van der Waals surface area contributed by atoms with E-state index in [0.29, 0.717) is 31.1 Å². The minimum atomic E-state index is -4.35. The molecule has 1 N–H and O–H groups in total. The molecule has 2 fully saturated rings. The minimum Gasteiger partial charge on any atom is -0.366 e. The number of alkyl halides is 3. The summed E-state index contributed by atoms with van der Waals surface area (Å²) < 4.78 is 44.5. The molecule has 0 saturated carbocycles. The lowest BCUT2D eigenvalue weighted by Gasteiger charge is -2.29. The van der Waals surface area contributed by atoms with Gasteiger partial charge < -0.3 is 14.7 Å². The van der Waals surface area contributed by atoms with Crippen molar-refractivity contribution in [2.24, 2.45) is 0 Å². The van der Waals surface area contributed by atoms with Crippen LogP contribution in [-0.4, -0.2) is 72.2 Å². The number of rotatable bonds is 5. The summed E-state index contributed by atoms with van der Waals surface area (Å²) in [6.45, 7) is 8.81. The fraction of sp³-hybridized carbons (Fsp3) is 0.600. The predicted octanol–water partition coefficient (Wildman–Crippen LogP) is 3.14. The minimum absolute atomic E-state index is 0.0592. The third kappa shape index (κ3) is 5.18. The average Bonchev–Trinajstić information content (AvgIpc) is 3.53. The van der Waals surface area contributed by atoms with Gasteiger partial charge in [0, 0.05) is 51.4 Å². The summed E-state index contributed by atoms with van der Waals surface area (Å²) in [5.41, 5.74) is 2.98. The second kappa shape index (κ2) is 9.46.